The summed E-state index contributed by atoms with van der Waals surface area (Å²) in [5, 5.41) is 0. The van der Waals surface area contributed by atoms with E-state index in [1.807, 2.05) is 24.3 Å². The fourth-order valence-electron chi connectivity index (χ4n) is 6.87. The monoisotopic (exact) mass is 698 g/mol. The standard InChI is InChI=1S/C50H42N4/c1-50(2,3)40-34-45(53(41-28-16-7-17-29-41)42-30-18-8-19-31-42)48(38-24-12-5-13-25-38)46(35-40)54(43-32-20-9-21-33-43)47-36-44(37-22-10-4-11-23-37)51-49(52-47)39-26-14-6-15-27-39/h4-36H,1-3H3. The third-order valence-corrected chi connectivity index (χ3v) is 9.59. The molecule has 54 heavy (non-hydrogen) atoms. The van der Waals surface area contributed by atoms with Crippen LogP contribution < -0.4 is 9.80 Å². The van der Waals surface area contributed by atoms with Crippen LogP contribution in [0.1, 0.15) is 26.3 Å². The number of nitrogens with zero attached hydrogens (tertiary/aromatic N) is 4. The lowest BCUT2D eigenvalue weighted by Crippen LogP contribution is -2.20. The predicted octanol–water partition coefficient (Wildman–Crippen LogP) is 13.7. The van der Waals surface area contributed by atoms with Crippen LogP contribution in [-0.4, -0.2) is 9.97 Å². The lowest BCUT2D eigenvalue weighted by atomic mass is 9.84. The van der Waals surface area contributed by atoms with E-state index in [9.17, 15) is 0 Å². The third kappa shape index (κ3) is 7.15. The zero-order valence-electron chi connectivity index (χ0n) is 30.8. The molecule has 0 fully saturated rings. The molecule has 0 amide bonds. The first-order valence-corrected chi connectivity index (χ1v) is 18.4. The fraction of sp³-hybridized carbons (Fsp3) is 0.0800. The summed E-state index contributed by atoms with van der Waals surface area (Å²) in [6.07, 6.45) is 0. The molecule has 8 aromatic rings. The van der Waals surface area contributed by atoms with Gasteiger partial charge in [-0.3, -0.25) is 4.90 Å². The Morgan fingerprint density at radius 3 is 1.24 bits per heavy atom. The van der Waals surface area contributed by atoms with Gasteiger partial charge in [-0.05, 0) is 65.1 Å². The van der Waals surface area contributed by atoms with Crippen LogP contribution in [0.15, 0.2) is 200 Å². The maximum absolute atomic E-state index is 5.40. The molecule has 0 spiro atoms. The molecule has 4 nitrogen and oxygen atoms in total. The van der Waals surface area contributed by atoms with Crippen molar-refractivity contribution in [1.29, 1.82) is 0 Å². The van der Waals surface area contributed by atoms with Gasteiger partial charge >= 0.3 is 0 Å². The topological polar surface area (TPSA) is 32.3 Å². The minimum atomic E-state index is -0.184. The van der Waals surface area contributed by atoms with Crippen molar-refractivity contribution in [3.05, 3.63) is 206 Å². The summed E-state index contributed by atoms with van der Waals surface area (Å²) in [7, 11) is 0. The largest absolute Gasteiger partial charge is 0.310 e. The van der Waals surface area contributed by atoms with Crippen LogP contribution in [0, 0.1) is 0 Å². The number of hydrogen-bond acceptors (Lipinski definition) is 4. The summed E-state index contributed by atoms with van der Waals surface area (Å²) >= 11 is 0. The van der Waals surface area contributed by atoms with E-state index < -0.39 is 0 Å². The van der Waals surface area contributed by atoms with Crippen molar-refractivity contribution in [1.82, 2.24) is 9.97 Å². The van der Waals surface area contributed by atoms with Gasteiger partial charge in [0.2, 0.25) is 0 Å². The highest BCUT2D eigenvalue weighted by Gasteiger charge is 2.29. The van der Waals surface area contributed by atoms with Gasteiger partial charge in [0.05, 0.1) is 17.1 Å². The molecule has 0 aliphatic rings. The highest BCUT2D eigenvalue weighted by Crippen LogP contribution is 2.50. The Balaban J connectivity index is 1.50. The van der Waals surface area contributed by atoms with Crippen molar-refractivity contribution in [2.24, 2.45) is 0 Å². The van der Waals surface area contributed by atoms with Crippen LogP contribution in [0.4, 0.5) is 34.3 Å². The molecule has 1 heterocycles. The molecule has 0 unspecified atom stereocenters. The predicted molar refractivity (Wildman–Crippen MR) is 226 cm³/mol. The number of para-hydroxylation sites is 3. The number of aromatic nitrogens is 2. The Labute approximate surface area is 318 Å². The average Bonchev–Trinajstić information content (AvgIpc) is 3.23. The smallest absolute Gasteiger partial charge is 0.162 e. The van der Waals surface area contributed by atoms with Gasteiger partial charge in [0.25, 0.3) is 0 Å². The Morgan fingerprint density at radius 1 is 0.389 bits per heavy atom. The molecule has 0 saturated heterocycles. The van der Waals surface area contributed by atoms with Crippen LogP contribution in [0.5, 0.6) is 0 Å². The Hall–Kier alpha value is -6.78. The van der Waals surface area contributed by atoms with E-state index in [1.165, 1.54) is 5.56 Å². The number of hydrogen-bond donors (Lipinski definition) is 0. The van der Waals surface area contributed by atoms with Crippen LogP contribution in [-0.2, 0) is 5.41 Å². The SMILES string of the molecule is CC(C)(C)c1cc(N(c2ccccc2)c2ccccc2)c(-c2ccccc2)c(N(c2ccccc2)c2cc(-c3ccccc3)nc(-c3ccccc3)n2)c1. The molecule has 1 aromatic heterocycles. The molecular formula is C50H42N4. The van der Waals surface area contributed by atoms with Crippen molar-refractivity contribution in [2.45, 2.75) is 26.2 Å². The van der Waals surface area contributed by atoms with E-state index in [0.717, 1.165) is 62.2 Å². The lowest BCUT2D eigenvalue weighted by Gasteiger charge is -2.35. The van der Waals surface area contributed by atoms with Crippen molar-refractivity contribution in [3.63, 3.8) is 0 Å². The van der Waals surface area contributed by atoms with Gasteiger partial charge in [-0.15, -0.1) is 0 Å². The highest BCUT2D eigenvalue weighted by molar-refractivity contribution is 5.99. The molecule has 262 valence electrons. The number of benzene rings is 7. The first kappa shape index (κ1) is 34.3. The summed E-state index contributed by atoms with van der Waals surface area (Å²) < 4.78 is 0. The van der Waals surface area contributed by atoms with Gasteiger partial charge in [0.15, 0.2) is 5.82 Å². The summed E-state index contributed by atoms with van der Waals surface area (Å²) in [5.41, 5.74) is 11.3. The van der Waals surface area contributed by atoms with E-state index in [0.29, 0.717) is 5.82 Å². The molecular weight excluding hydrogens is 657 g/mol. The highest BCUT2D eigenvalue weighted by atomic mass is 15.2. The molecule has 0 radical (unpaired) electrons. The molecule has 0 bridgehead atoms. The normalized spacial score (nSPS) is 11.2. The Morgan fingerprint density at radius 2 is 0.778 bits per heavy atom. The third-order valence-electron chi connectivity index (χ3n) is 9.59. The van der Waals surface area contributed by atoms with E-state index >= 15 is 0 Å². The zero-order valence-corrected chi connectivity index (χ0v) is 30.8. The summed E-state index contributed by atoms with van der Waals surface area (Å²) in [6, 6.07) is 70.1. The van der Waals surface area contributed by atoms with Gasteiger partial charge in [-0.1, -0.05) is 166 Å². The minimum absolute atomic E-state index is 0.184. The molecule has 7 aromatic carbocycles. The second-order valence-corrected chi connectivity index (χ2v) is 14.4. The van der Waals surface area contributed by atoms with E-state index in [-0.39, 0.29) is 5.41 Å². The molecule has 0 aliphatic heterocycles. The summed E-state index contributed by atoms with van der Waals surface area (Å²) in [6.45, 7) is 6.85. The number of rotatable bonds is 9. The average molecular weight is 699 g/mol. The van der Waals surface area contributed by atoms with Crippen molar-refractivity contribution in [2.75, 3.05) is 9.80 Å². The molecule has 8 rings (SSSR count). The van der Waals surface area contributed by atoms with Gasteiger partial charge in [0.1, 0.15) is 5.82 Å². The molecule has 4 heteroatoms. The Bertz CT molecular complexity index is 2350. The van der Waals surface area contributed by atoms with Crippen LogP contribution in [0.2, 0.25) is 0 Å². The molecule has 0 saturated carbocycles. The minimum Gasteiger partial charge on any atom is -0.310 e. The Kier molecular flexibility index (Phi) is 9.57. The van der Waals surface area contributed by atoms with Gasteiger partial charge in [0, 0.05) is 39.8 Å². The van der Waals surface area contributed by atoms with Crippen molar-refractivity contribution in [3.8, 4) is 33.8 Å². The first-order valence-electron chi connectivity index (χ1n) is 18.4. The quantitative estimate of drug-likeness (QED) is 0.150. The van der Waals surface area contributed by atoms with E-state index in [4.69, 9.17) is 9.97 Å². The maximum atomic E-state index is 5.40. The van der Waals surface area contributed by atoms with Crippen molar-refractivity contribution < 1.29 is 0 Å². The lowest BCUT2D eigenvalue weighted by molar-refractivity contribution is 0.590. The molecule has 0 aliphatic carbocycles. The van der Waals surface area contributed by atoms with Gasteiger partial charge in [-0.25, -0.2) is 9.97 Å². The zero-order chi connectivity index (χ0) is 36.9. The van der Waals surface area contributed by atoms with Crippen LogP contribution >= 0.6 is 0 Å². The second kappa shape index (κ2) is 15.1. The van der Waals surface area contributed by atoms with Crippen LogP contribution in [0.25, 0.3) is 33.8 Å². The van der Waals surface area contributed by atoms with Gasteiger partial charge in [-0.2, -0.15) is 0 Å². The molecule has 0 atom stereocenters. The second-order valence-electron chi connectivity index (χ2n) is 14.4. The number of anilines is 6. The van der Waals surface area contributed by atoms with E-state index in [1.54, 1.807) is 0 Å². The summed E-state index contributed by atoms with van der Waals surface area (Å²) in [5.74, 6) is 1.44. The first-order chi connectivity index (χ1) is 26.4. The maximum Gasteiger partial charge on any atom is 0.162 e. The van der Waals surface area contributed by atoms with Gasteiger partial charge < -0.3 is 4.90 Å². The van der Waals surface area contributed by atoms with E-state index in [2.05, 4.69) is 206 Å². The molecule has 0 N–H and O–H groups in total. The summed E-state index contributed by atoms with van der Waals surface area (Å²) in [4.78, 5) is 15.3. The van der Waals surface area contributed by atoms with Crippen molar-refractivity contribution >= 4 is 34.3 Å². The fourth-order valence-corrected chi connectivity index (χ4v) is 6.87. The van der Waals surface area contributed by atoms with Crippen LogP contribution in [0.3, 0.4) is 0 Å².